The molecule has 0 amide bonds. The van der Waals surface area contributed by atoms with Gasteiger partial charge in [-0.3, -0.25) is 4.98 Å². The summed E-state index contributed by atoms with van der Waals surface area (Å²) in [6.07, 6.45) is -2.32. The number of hydrogen-bond donors (Lipinski definition) is 1. The number of hydrogen-bond acceptors (Lipinski definition) is 5. The van der Waals surface area contributed by atoms with Crippen LogP contribution in [0.5, 0.6) is 0 Å². The molecule has 2 aromatic heterocycles. The summed E-state index contributed by atoms with van der Waals surface area (Å²) in [4.78, 5) is 11.0. The first-order valence-electron chi connectivity index (χ1n) is 4.98. The van der Waals surface area contributed by atoms with Crippen LogP contribution in [0.3, 0.4) is 0 Å². The van der Waals surface area contributed by atoms with Crippen LogP contribution in [-0.2, 0) is 6.18 Å². The lowest BCUT2D eigenvalue weighted by Gasteiger charge is -2.10. The highest BCUT2D eigenvalue weighted by Crippen LogP contribution is 2.34. The first kappa shape index (κ1) is 12.8. The topological polar surface area (TPSA) is 88.5 Å². The molecule has 2 heterocycles. The molecule has 0 saturated carbocycles. The summed E-state index contributed by atoms with van der Waals surface area (Å²) >= 11 is 0. The van der Waals surface area contributed by atoms with E-state index in [2.05, 4.69) is 15.0 Å². The lowest BCUT2D eigenvalue weighted by Crippen LogP contribution is -2.10. The fourth-order valence-electron chi connectivity index (χ4n) is 1.41. The number of nitrogen functional groups attached to an aromatic ring is 1. The second-order valence-electron chi connectivity index (χ2n) is 3.50. The highest BCUT2D eigenvalue weighted by atomic mass is 19.4. The third-order valence-corrected chi connectivity index (χ3v) is 2.26. The van der Waals surface area contributed by atoms with E-state index in [-0.39, 0.29) is 17.2 Å². The Kier molecular flexibility index (Phi) is 3.04. The molecule has 0 aromatic carbocycles. The van der Waals surface area contributed by atoms with Crippen LogP contribution in [0.2, 0.25) is 0 Å². The summed E-state index contributed by atoms with van der Waals surface area (Å²) in [5.41, 5.74) is 4.06. The van der Waals surface area contributed by atoms with Crippen LogP contribution in [0.25, 0.3) is 11.5 Å². The van der Waals surface area contributed by atoms with E-state index in [4.69, 9.17) is 11.0 Å². The summed E-state index contributed by atoms with van der Waals surface area (Å²) in [6, 6.07) is 3.77. The number of alkyl halides is 3. The van der Waals surface area contributed by atoms with Crippen LogP contribution < -0.4 is 5.73 Å². The van der Waals surface area contributed by atoms with Crippen molar-refractivity contribution in [2.75, 3.05) is 5.73 Å². The minimum atomic E-state index is -4.57. The van der Waals surface area contributed by atoms with Crippen molar-refractivity contribution in [3.63, 3.8) is 0 Å². The average molecular weight is 265 g/mol. The van der Waals surface area contributed by atoms with Gasteiger partial charge in [-0.25, -0.2) is 9.97 Å². The van der Waals surface area contributed by atoms with Crippen molar-refractivity contribution >= 4 is 5.82 Å². The molecule has 19 heavy (non-hydrogen) atoms. The van der Waals surface area contributed by atoms with Crippen LogP contribution in [0.15, 0.2) is 24.5 Å². The van der Waals surface area contributed by atoms with Gasteiger partial charge in [0.1, 0.15) is 23.1 Å². The van der Waals surface area contributed by atoms with Crippen LogP contribution >= 0.6 is 0 Å². The van der Waals surface area contributed by atoms with Crippen LogP contribution in [0, 0.1) is 11.3 Å². The van der Waals surface area contributed by atoms with E-state index in [1.54, 1.807) is 6.07 Å². The summed E-state index contributed by atoms with van der Waals surface area (Å²) in [6.45, 7) is 0. The predicted octanol–water partition coefficient (Wildman–Crippen LogP) is 2.01. The zero-order valence-corrected chi connectivity index (χ0v) is 9.31. The zero-order chi connectivity index (χ0) is 14.0. The summed E-state index contributed by atoms with van der Waals surface area (Å²) in [7, 11) is 0. The van der Waals surface area contributed by atoms with E-state index < -0.39 is 17.4 Å². The Morgan fingerprint density at radius 3 is 2.58 bits per heavy atom. The maximum Gasteiger partial charge on any atom is 0.418 e. The Hall–Kier alpha value is -2.69. The number of nitrogens with zero attached hydrogens (tertiary/aromatic N) is 4. The minimum Gasteiger partial charge on any atom is -0.382 e. The SMILES string of the molecule is N#Cc1cnc(-c2ncccc2C(F)(F)F)nc1N. The second kappa shape index (κ2) is 4.53. The molecule has 5 nitrogen and oxygen atoms in total. The Bertz CT molecular complexity index is 660. The van der Waals surface area contributed by atoms with E-state index >= 15 is 0 Å². The van der Waals surface area contributed by atoms with Gasteiger partial charge >= 0.3 is 6.18 Å². The number of anilines is 1. The minimum absolute atomic E-state index is 0.00626. The fraction of sp³-hybridized carbons (Fsp3) is 0.0909. The molecule has 2 rings (SSSR count). The highest BCUT2D eigenvalue weighted by molar-refractivity contribution is 5.59. The molecule has 0 unspecified atom stereocenters. The molecule has 0 radical (unpaired) electrons. The smallest absolute Gasteiger partial charge is 0.382 e. The average Bonchev–Trinajstić information content (AvgIpc) is 2.37. The maximum atomic E-state index is 12.8. The molecule has 0 fully saturated rings. The van der Waals surface area contributed by atoms with Crippen molar-refractivity contribution < 1.29 is 13.2 Å². The van der Waals surface area contributed by atoms with Gasteiger partial charge in [-0.05, 0) is 12.1 Å². The second-order valence-corrected chi connectivity index (χ2v) is 3.50. The Labute approximate surface area is 105 Å². The lowest BCUT2D eigenvalue weighted by molar-refractivity contribution is -0.137. The number of halogens is 3. The molecular weight excluding hydrogens is 259 g/mol. The number of rotatable bonds is 1. The molecule has 0 saturated heterocycles. The van der Waals surface area contributed by atoms with Crippen molar-refractivity contribution in [3.05, 3.63) is 35.7 Å². The fourth-order valence-corrected chi connectivity index (χ4v) is 1.41. The summed E-state index contributed by atoms with van der Waals surface area (Å²) < 4.78 is 38.4. The number of aromatic nitrogens is 3. The molecule has 0 aliphatic rings. The van der Waals surface area contributed by atoms with Crippen molar-refractivity contribution in [1.82, 2.24) is 15.0 Å². The van der Waals surface area contributed by atoms with E-state index in [0.717, 1.165) is 12.3 Å². The number of nitrogens with two attached hydrogens (primary N) is 1. The lowest BCUT2D eigenvalue weighted by atomic mass is 10.1. The quantitative estimate of drug-likeness (QED) is 0.851. The van der Waals surface area contributed by atoms with Crippen molar-refractivity contribution in [2.45, 2.75) is 6.18 Å². The Morgan fingerprint density at radius 2 is 2.00 bits per heavy atom. The van der Waals surface area contributed by atoms with Gasteiger partial charge in [-0.15, -0.1) is 0 Å². The van der Waals surface area contributed by atoms with Gasteiger partial charge in [0.05, 0.1) is 11.8 Å². The molecule has 0 spiro atoms. The first-order valence-corrected chi connectivity index (χ1v) is 4.98. The monoisotopic (exact) mass is 265 g/mol. The van der Waals surface area contributed by atoms with E-state index in [1.807, 2.05) is 0 Å². The summed E-state index contributed by atoms with van der Waals surface area (Å²) in [5.74, 6) is -0.462. The predicted molar refractivity (Wildman–Crippen MR) is 59.4 cm³/mol. The van der Waals surface area contributed by atoms with Gasteiger partial charge in [-0.2, -0.15) is 18.4 Å². The Morgan fingerprint density at radius 1 is 1.26 bits per heavy atom. The van der Waals surface area contributed by atoms with Gasteiger partial charge in [0, 0.05) is 6.20 Å². The van der Waals surface area contributed by atoms with Gasteiger partial charge in [-0.1, -0.05) is 0 Å². The van der Waals surface area contributed by atoms with E-state index in [1.165, 1.54) is 12.3 Å². The van der Waals surface area contributed by atoms with E-state index in [0.29, 0.717) is 0 Å². The largest absolute Gasteiger partial charge is 0.418 e. The molecule has 0 atom stereocenters. The molecule has 0 bridgehead atoms. The molecule has 2 aromatic rings. The molecule has 96 valence electrons. The van der Waals surface area contributed by atoms with E-state index in [9.17, 15) is 13.2 Å². The zero-order valence-electron chi connectivity index (χ0n) is 9.31. The molecule has 0 aliphatic heterocycles. The molecule has 8 heteroatoms. The number of nitriles is 1. The maximum absolute atomic E-state index is 12.8. The molecule has 0 aliphatic carbocycles. The molecule has 2 N–H and O–H groups in total. The normalized spacial score (nSPS) is 11.1. The van der Waals surface area contributed by atoms with Crippen molar-refractivity contribution in [3.8, 4) is 17.6 Å². The third-order valence-electron chi connectivity index (χ3n) is 2.26. The standard InChI is InChI=1S/C11H6F3N5/c12-11(13,14)7-2-1-3-17-8(7)10-18-5-6(4-15)9(16)19-10/h1-3,5H,(H2,16,18,19). The van der Waals surface area contributed by atoms with Gasteiger partial charge in [0.15, 0.2) is 5.82 Å². The van der Waals surface area contributed by atoms with Crippen LogP contribution in [0.1, 0.15) is 11.1 Å². The van der Waals surface area contributed by atoms with Gasteiger partial charge in [0.25, 0.3) is 0 Å². The Balaban J connectivity index is 2.61. The van der Waals surface area contributed by atoms with Crippen LogP contribution in [0.4, 0.5) is 19.0 Å². The number of pyridine rings is 1. The highest BCUT2D eigenvalue weighted by Gasteiger charge is 2.35. The summed E-state index contributed by atoms with van der Waals surface area (Å²) in [5, 5.41) is 8.66. The molecular formula is C11H6F3N5. The van der Waals surface area contributed by atoms with Crippen molar-refractivity contribution in [2.24, 2.45) is 0 Å². The van der Waals surface area contributed by atoms with Crippen LogP contribution in [-0.4, -0.2) is 15.0 Å². The van der Waals surface area contributed by atoms with Gasteiger partial charge in [0.2, 0.25) is 0 Å². The third kappa shape index (κ3) is 2.44. The van der Waals surface area contributed by atoms with Gasteiger partial charge < -0.3 is 5.73 Å². The first-order chi connectivity index (χ1) is 8.93. The van der Waals surface area contributed by atoms with Crippen molar-refractivity contribution in [1.29, 1.82) is 5.26 Å².